The summed E-state index contributed by atoms with van der Waals surface area (Å²) >= 11 is 0. The number of carbonyl (C=O) groups is 1. The molecule has 0 radical (unpaired) electrons. The van der Waals surface area contributed by atoms with E-state index in [1.165, 1.54) is 76.2 Å². The molecule has 0 heterocycles. The van der Waals surface area contributed by atoms with E-state index < -0.39 is 0 Å². The third kappa shape index (κ3) is 9.33. The van der Waals surface area contributed by atoms with Gasteiger partial charge in [0.2, 0.25) is 0 Å². The van der Waals surface area contributed by atoms with Crippen LogP contribution in [0.25, 0.3) is 0 Å². The van der Waals surface area contributed by atoms with Gasteiger partial charge >= 0.3 is 5.97 Å². The summed E-state index contributed by atoms with van der Waals surface area (Å²) in [5, 5.41) is 0. The Bertz CT molecular complexity index is 664. The standard InChI is InChI=1S/C30H48O3/c1-2-3-4-5-6-7-8-9-13-24-30(31)33-29-23-17-15-21-27(29)26-20-14-16-22-28(26)32-25-18-11-10-12-19-25/h14,16,20,22,25,27,29H,2-13,15,17-19,21,23-24H2,1H3/t27-,29+/m1/s1. The number of esters is 1. The second-order valence-corrected chi connectivity index (χ2v) is 10.4. The Balaban J connectivity index is 1.44. The van der Waals surface area contributed by atoms with Crippen LogP contribution in [-0.4, -0.2) is 18.2 Å². The van der Waals surface area contributed by atoms with Crippen molar-refractivity contribution in [2.75, 3.05) is 0 Å². The fraction of sp³-hybridized carbons (Fsp3) is 0.767. The molecule has 0 saturated heterocycles. The SMILES string of the molecule is CCCCCCCCCCCC(=O)O[C@H]1CCCC[C@@H]1c1ccccc1OC1CCCCC1. The van der Waals surface area contributed by atoms with Gasteiger partial charge in [-0.3, -0.25) is 4.79 Å². The number of para-hydroxylation sites is 1. The summed E-state index contributed by atoms with van der Waals surface area (Å²) in [5.41, 5.74) is 1.25. The van der Waals surface area contributed by atoms with Crippen molar-refractivity contribution in [3.63, 3.8) is 0 Å². The predicted octanol–water partition coefficient (Wildman–Crippen LogP) is 8.89. The summed E-state index contributed by atoms with van der Waals surface area (Å²) in [6.45, 7) is 2.26. The number of benzene rings is 1. The number of hydrogen-bond donors (Lipinski definition) is 0. The van der Waals surface area contributed by atoms with Crippen LogP contribution in [0.3, 0.4) is 0 Å². The van der Waals surface area contributed by atoms with Crippen LogP contribution in [0.15, 0.2) is 24.3 Å². The van der Waals surface area contributed by atoms with E-state index in [4.69, 9.17) is 9.47 Å². The third-order valence-electron chi connectivity index (χ3n) is 7.63. The first-order valence-electron chi connectivity index (χ1n) is 14.2. The van der Waals surface area contributed by atoms with Crippen molar-refractivity contribution >= 4 is 5.97 Å². The molecule has 0 bridgehead atoms. The molecule has 0 aromatic heterocycles. The van der Waals surface area contributed by atoms with Crippen LogP contribution in [0.1, 0.15) is 140 Å². The van der Waals surface area contributed by atoms with Crippen molar-refractivity contribution < 1.29 is 14.3 Å². The van der Waals surface area contributed by atoms with Gasteiger partial charge in [-0.1, -0.05) is 89.3 Å². The van der Waals surface area contributed by atoms with Crippen LogP contribution in [0.4, 0.5) is 0 Å². The van der Waals surface area contributed by atoms with Gasteiger partial charge in [0.05, 0.1) is 6.10 Å². The molecule has 0 N–H and O–H groups in total. The van der Waals surface area contributed by atoms with E-state index in [-0.39, 0.29) is 18.0 Å². The van der Waals surface area contributed by atoms with Crippen molar-refractivity contribution in [1.82, 2.24) is 0 Å². The van der Waals surface area contributed by atoms with Gasteiger partial charge in [-0.15, -0.1) is 0 Å². The average molecular weight is 457 g/mol. The first-order chi connectivity index (χ1) is 16.3. The normalized spacial score (nSPS) is 21.6. The Morgan fingerprint density at radius 2 is 1.42 bits per heavy atom. The molecule has 3 rings (SSSR count). The van der Waals surface area contributed by atoms with Crippen LogP contribution >= 0.6 is 0 Å². The summed E-state index contributed by atoms with van der Waals surface area (Å²) in [6.07, 6.45) is 23.0. The van der Waals surface area contributed by atoms with E-state index in [2.05, 4.69) is 31.2 Å². The summed E-state index contributed by atoms with van der Waals surface area (Å²) < 4.78 is 12.6. The zero-order chi connectivity index (χ0) is 23.1. The minimum atomic E-state index is 0.000487. The first kappa shape index (κ1) is 26.1. The van der Waals surface area contributed by atoms with Gasteiger partial charge in [0.15, 0.2) is 0 Å². The van der Waals surface area contributed by atoms with Crippen molar-refractivity contribution in [1.29, 1.82) is 0 Å². The van der Waals surface area contributed by atoms with Crippen molar-refractivity contribution in [2.24, 2.45) is 0 Å². The Kier molecular flexibility index (Phi) is 12.2. The maximum Gasteiger partial charge on any atom is 0.306 e. The molecule has 0 amide bonds. The molecule has 2 aliphatic carbocycles. The third-order valence-corrected chi connectivity index (χ3v) is 7.63. The molecule has 0 spiro atoms. The molecule has 3 heteroatoms. The highest BCUT2D eigenvalue weighted by Crippen LogP contribution is 2.40. The fourth-order valence-electron chi connectivity index (χ4n) is 5.66. The molecule has 3 nitrogen and oxygen atoms in total. The maximum absolute atomic E-state index is 12.6. The molecule has 1 aromatic rings. The highest BCUT2D eigenvalue weighted by Gasteiger charge is 2.32. The molecule has 1 aromatic carbocycles. The van der Waals surface area contributed by atoms with Gasteiger partial charge < -0.3 is 9.47 Å². The van der Waals surface area contributed by atoms with Gasteiger partial charge in [0.25, 0.3) is 0 Å². The Morgan fingerprint density at radius 1 is 0.788 bits per heavy atom. The second-order valence-electron chi connectivity index (χ2n) is 10.4. The summed E-state index contributed by atoms with van der Waals surface area (Å²) in [4.78, 5) is 12.6. The van der Waals surface area contributed by atoms with Gasteiger partial charge in [-0.05, 0) is 57.4 Å². The van der Waals surface area contributed by atoms with E-state index in [0.29, 0.717) is 12.5 Å². The number of unbranched alkanes of at least 4 members (excludes halogenated alkanes) is 8. The molecule has 2 aliphatic rings. The monoisotopic (exact) mass is 456 g/mol. The number of rotatable bonds is 14. The smallest absolute Gasteiger partial charge is 0.306 e. The lowest BCUT2D eigenvalue weighted by atomic mass is 9.81. The largest absolute Gasteiger partial charge is 0.490 e. The van der Waals surface area contributed by atoms with E-state index in [0.717, 1.165) is 50.7 Å². The lowest BCUT2D eigenvalue weighted by molar-refractivity contribution is -0.151. The molecule has 0 aliphatic heterocycles. The highest BCUT2D eigenvalue weighted by atomic mass is 16.5. The molecule has 33 heavy (non-hydrogen) atoms. The first-order valence-corrected chi connectivity index (χ1v) is 14.2. The van der Waals surface area contributed by atoms with Gasteiger partial charge in [-0.2, -0.15) is 0 Å². The molecular formula is C30H48O3. The zero-order valence-electron chi connectivity index (χ0n) is 21.2. The lowest BCUT2D eigenvalue weighted by Crippen LogP contribution is -2.29. The summed E-state index contributed by atoms with van der Waals surface area (Å²) in [6, 6.07) is 8.52. The second kappa shape index (κ2) is 15.4. The van der Waals surface area contributed by atoms with Crippen LogP contribution in [0.2, 0.25) is 0 Å². The topological polar surface area (TPSA) is 35.5 Å². The molecule has 186 valence electrons. The average Bonchev–Trinajstić information content (AvgIpc) is 2.84. The van der Waals surface area contributed by atoms with Crippen LogP contribution < -0.4 is 4.74 Å². The van der Waals surface area contributed by atoms with E-state index >= 15 is 0 Å². The van der Waals surface area contributed by atoms with Gasteiger partial charge in [0.1, 0.15) is 11.9 Å². The molecule has 2 fully saturated rings. The quantitative estimate of drug-likeness (QED) is 0.207. The molecule has 2 atom stereocenters. The van der Waals surface area contributed by atoms with Gasteiger partial charge in [0, 0.05) is 17.9 Å². The maximum atomic E-state index is 12.6. The van der Waals surface area contributed by atoms with Crippen LogP contribution in [0, 0.1) is 0 Å². The Labute approximate surface area is 203 Å². The van der Waals surface area contributed by atoms with Crippen LogP contribution in [0.5, 0.6) is 5.75 Å². The number of hydrogen-bond acceptors (Lipinski definition) is 3. The molecule has 0 unspecified atom stereocenters. The van der Waals surface area contributed by atoms with Crippen LogP contribution in [-0.2, 0) is 9.53 Å². The minimum absolute atomic E-state index is 0.000487. The van der Waals surface area contributed by atoms with Crippen molar-refractivity contribution in [3.8, 4) is 5.75 Å². The Morgan fingerprint density at radius 3 is 2.18 bits per heavy atom. The Hall–Kier alpha value is -1.51. The predicted molar refractivity (Wildman–Crippen MR) is 137 cm³/mol. The van der Waals surface area contributed by atoms with Gasteiger partial charge in [-0.25, -0.2) is 0 Å². The minimum Gasteiger partial charge on any atom is -0.490 e. The fourth-order valence-corrected chi connectivity index (χ4v) is 5.66. The lowest BCUT2D eigenvalue weighted by Gasteiger charge is -2.33. The zero-order valence-corrected chi connectivity index (χ0v) is 21.2. The number of ether oxygens (including phenoxy) is 2. The van der Waals surface area contributed by atoms with E-state index in [9.17, 15) is 4.79 Å². The van der Waals surface area contributed by atoms with Crippen molar-refractivity contribution in [3.05, 3.63) is 29.8 Å². The summed E-state index contributed by atoms with van der Waals surface area (Å²) in [7, 11) is 0. The van der Waals surface area contributed by atoms with Crippen molar-refractivity contribution in [2.45, 2.75) is 147 Å². The van der Waals surface area contributed by atoms with E-state index in [1.807, 2.05) is 0 Å². The molecule has 2 saturated carbocycles. The summed E-state index contributed by atoms with van der Waals surface area (Å²) in [5.74, 6) is 1.29. The molecular weight excluding hydrogens is 408 g/mol. The highest BCUT2D eigenvalue weighted by molar-refractivity contribution is 5.69. The van der Waals surface area contributed by atoms with E-state index in [1.54, 1.807) is 0 Å². The number of carbonyl (C=O) groups excluding carboxylic acids is 1.